The summed E-state index contributed by atoms with van der Waals surface area (Å²) in [5.74, 6) is 0.467. The molecule has 1 amide bonds. The summed E-state index contributed by atoms with van der Waals surface area (Å²) in [6.07, 6.45) is 0.757. The number of nitrogens with zero attached hydrogens (tertiary/aromatic N) is 4. The van der Waals surface area contributed by atoms with Crippen LogP contribution in [0.25, 0.3) is 28.1 Å². The summed E-state index contributed by atoms with van der Waals surface area (Å²) < 4.78 is 1.75. The van der Waals surface area contributed by atoms with Gasteiger partial charge in [-0.2, -0.15) is 0 Å². The van der Waals surface area contributed by atoms with Gasteiger partial charge in [0.05, 0.1) is 11.0 Å². The van der Waals surface area contributed by atoms with Crippen LogP contribution in [0.4, 0.5) is 5.69 Å². The summed E-state index contributed by atoms with van der Waals surface area (Å²) in [6.45, 7) is 2.49. The summed E-state index contributed by atoms with van der Waals surface area (Å²) in [5, 5.41) is 9.04. The molecule has 1 aliphatic heterocycles. The van der Waals surface area contributed by atoms with Crippen molar-refractivity contribution in [1.29, 1.82) is 0 Å². The number of benzene rings is 3. The largest absolute Gasteiger partial charge is 0.317 e. The smallest absolute Gasteiger partial charge is 0.294 e. The number of hydrogen-bond donors (Lipinski definition) is 1. The molecule has 1 N–H and O–H groups in total. The first-order valence-corrected chi connectivity index (χ1v) is 11.0. The minimum Gasteiger partial charge on any atom is -0.317 e. The molecule has 0 aliphatic carbocycles. The predicted molar refractivity (Wildman–Crippen MR) is 128 cm³/mol. The summed E-state index contributed by atoms with van der Waals surface area (Å²) >= 11 is 6.12. The Morgan fingerprint density at radius 1 is 1.06 bits per heavy atom. The van der Waals surface area contributed by atoms with Gasteiger partial charge in [-0.25, -0.2) is 0 Å². The Balaban J connectivity index is 1.52. The van der Waals surface area contributed by atoms with Gasteiger partial charge in [0, 0.05) is 28.4 Å². The maximum absolute atomic E-state index is 13.5. The Bertz CT molecular complexity index is 1640. The minimum absolute atomic E-state index is 0.108. The third kappa shape index (κ3) is 3.04. The highest BCUT2D eigenvalue weighted by atomic mass is 35.5. The average molecular weight is 456 g/mol. The molecule has 6 rings (SSSR count). The molecule has 0 bridgehead atoms. The molecule has 33 heavy (non-hydrogen) atoms. The SMILES string of the molecule is Cc1cc2c(cc1C(=O)N1CCc3cc(Cl)ccc31)[nH]c(=O)c1nnc(-c3ccccc3)n12. The van der Waals surface area contributed by atoms with Gasteiger partial charge in [-0.1, -0.05) is 41.9 Å². The number of halogens is 1. The van der Waals surface area contributed by atoms with Gasteiger partial charge in [-0.05, 0) is 54.8 Å². The van der Waals surface area contributed by atoms with Crippen molar-refractivity contribution in [2.75, 3.05) is 11.4 Å². The van der Waals surface area contributed by atoms with Crippen molar-refractivity contribution in [3.63, 3.8) is 0 Å². The molecule has 1 aliphatic rings. The molecular formula is C25H18ClN5O2. The van der Waals surface area contributed by atoms with Crippen molar-refractivity contribution in [3.8, 4) is 11.4 Å². The Hall–Kier alpha value is -3.97. The van der Waals surface area contributed by atoms with E-state index in [-0.39, 0.29) is 17.1 Å². The second-order valence-electron chi connectivity index (χ2n) is 8.17. The van der Waals surface area contributed by atoms with Crippen LogP contribution in [0.5, 0.6) is 0 Å². The lowest BCUT2D eigenvalue weighted by Crippen LogP contribution is -2.29. The van der Waals surface area contributed by atoms with Crippen molar-refractivity contribution in [3.05, 3.63) is 92.7 Å². The standard InChI is InChI=1S/C25H18ClN5O2/c1-14-11-21-19(13-18(14)25(33)30-10-9-16-12-17(26)7-8-20(16)30)27-24(32)23-29-28-22(31(21)23)15-5-3-2-4-6-15/h2-8,11-13H,9-10H2,1H3,(H,27,32). The van der Waals surface area contributed by atoms with Crippen molar-refractivity contribution >= 4 is 39.9 Å². The van der Waals surface area contributed by atoms with Crippen molar-refractivity contribution < 1.29 is 4.79 Å². The molecule has 2 aromatic heterocycles. The van der Waals surface area contributed by atoms with Crippen molar-refractivity contribution in [1.82, 2.24) is 19.6 Å². The molecule has 5 aromatic rings. The van der Waals surface area contributed by atoms with E-state index in [1.54, 1.807) is 21.4 Å². The van der Waals surface area contributed by atoms with E-state index in [2.05, 4.69) is 15.2 Å². The fourth-order valence-corrected chi connectivity index (χ4v) is 4.74. The molecule has 0 fully saturated rings. The van der Waals surface area contributed by atoms with Gasteiger partial charge in [0.25, 0.3) is 11.5 Å². The van der Waals surface area contributed by atoms with E-state index in [4.69, 9.17) is 11.6 Å². The maximum Gasteiger partial charge on any atom is 0.294 e. The molecular weight excluding hydrogens is 438 g/mol. The normalized spacial score (nSPS) is 13.1. The molecule has 7 nitrogen and oxygen atoms in total. The van der Waals surface area contributed by atoms with Gasteiger partial charge in [0.1, 0.15) is 0 Å². The first-order chi connectivity index (χ1) is 16.0. The number of amides is 1. The number of aryl methyl sites for hydroxylation is 1. The van der Waals surface area contributed by atoms with Crippen molar-refractivity contribution in [2.45, 2.75) is 13.3 Å². The molecule has 0 atom stereocenters. The minimum atomic E-state index is -0.361. The van der Waals surface area contributed by atoms with Gasteiger partial charge in [0.2, 0.25) is 5.65 Å². The van der Waals surface area contributed by atoms with Crippen LogP contribution in [0.2, 0.25) is 5.02 Å². The van der Waals surface area contributed by atoms with E-state index >= 15 is 0 Å². The third-order valence-electron chi connectivity index (χ3n) is 6.14. The Morgan fingerprint density at radius 3 is 2.70 bits per heavy atom. The summed E-state index contributed by atoms with van der Waals surface area (Å²) in [6, 6.07) is 18.8. The lowest BCUT2D eigenvalue weighted by Gasteiger charge is -2.19. The Morgan fingerprint density at radius 2 is 1.88 bits per heavy atom. The van der Waals surface area contributed by atoms with Gasteiger partial charge in [-0.3, -0.25) is 14.0 Å². The number of nitrogens with one attached hydrogen (secondary N) is 1. The van der Waals surface area contributed by atoms with Crippen LogP contribution < -0.4 is 10.5 Å². The fourth-order valence-electron chi connectivity index (χ4n) is 4.55. The zero-order chi connectivity index (χ0) is 22.7. The van der Waals surface area contributed by atoms with Crippen LogP contribution in [0.3, 0.4) is 0 Å². The first kappa shape index (κ1) is 19.7. The predicted octanol–water partition coefficient (Wildman–Crippen LogP) is 4.40. The van der Waals surface area contributed by atoms with E-state index in [0.29, 0.717) is 28.5 Å². The topological polar surface area (TPSA) is 83.4 Å². The summed E-state index contributed by atoms with van der Waals surface area (Å²) in [7, 11) is 0. The Labute approximate surface area is 193 Å². The lowest BCUT2D eigenvalue weighted by atomic mass is 10.1. The van der Waals surface area contributed by atoms with Crippen molar-refractivity contribution in [2.24, 2.45) is 0 Å². The number of H-pyrrole nitrogens is 1. The number of aromatic amines is 1. The van der Waals surface area contributed by atoms with E-state index in [9.17, 15) is 9.59 Å². The molecule has 3 heterocycles. The highest BCUT2D eigenvalue weighted by Crippen LogP contribution is 2.32. The lowest BCUT2D eigenvalue weighted by molar-refractivity contribution is 0.0989. The van der Waals surface area contributed by atoms with Crippen LogP contribution in [-0.4, -0.2) is 32.0 Å². The zero-order valence-corrected chi connectivity index (χ0v) is 18.4. The second kappa shape index (κ2) is 7.28. The number of carbonyl (C=O) groups is 1. The average Bonchev–Trinajstić information content (AvgIpc) is 3.44. The molecule has 0 saturated carbocycles. The van der Waals surface area contributed by atoms with Crippen LogP contribution in [-0.2, 0) is 6.42 Å². The number of fused-ring (bicyclic) bond motifs is 4. The molecule has 8 heteroatoms. The Kier molecular flexibility index (Phi) is 4.35. The van der Waals surface area contributed by atoms with Crippen LogP contribution in [0, 0.1) is 6.92 Å². The van der Waals surface area contributed by atoms with Gasteiger partial charge < -0.3 is 9.88 Å². The molecule has 0 saturated heterocycles. The molecule has 162 valence electrons. The number of anilines is 1. The van der Waals surface area contributed by atoms with Crippen LogP contribution >= 0.6 is 11.6 Å². The van der Waals surface area contributed by atoms with E-state index in [1.165, 1.54) is 0 Å². The second-order valence-corrected chi connectivity index (χ2v) is 8.60. The van der Waals surface area contributed by atoms with Gasteiger partial charge >= 0.3 is 0 Å². The zero-order valence-electron chi connectivity index (χ0n) is 17.7. The molecule has 0 unspecified atom stereocenters. The molecule has 3 aromatic carbocycles. The monoisotopic (exact) mass is 455 g/mol. The van der Waals surface area contributed by atoms with Gasteiger partial charge in [-0.15, -0.1) is 10.2 Å². The maximum atomic E-state index is 13.5. The first-order valence-electron chi connectivity index (χ1n) is 10.6. The van der Waals surface area contributed by atoms with E-state index < -0.39 is 0 Å². The molecule has 0 radical (unpaired) electrons. The highest BCUT2D eigenvalue weighted by molar-refractivity contribution is 6.30. The highest BCUT2D eigenvalue weighted by Gasteiger charge is 2.27. The summed E-state index contributed by atoms with van der Waals surface area (Å²) in [5.41, 5.74) is 5.25. The fraction of sp³-hybridized carbons (Fsp3) is 0.120. The number of hydrogen-bond acceptors (Lipinski definition) is 4. The molecule has 0 spiro atoms. The summed E-state index contributed by atoms with van der Waals surface area (Å²) in [4.78, 5) is 30.9. The van der Waals surface area contributed by atoms with E-state index in [0.717, 1.165) is 34.3 Å². The van der Waals surface area contributed by atoms with E-state index in [1.807, 2.05) is 55.5 Å². The third-order valence-corrected chi connectivity index (χ3v) is 6.38. The number of aromatic nitrogens is 4. The quantitative estimate of drug-likeness (QED) is 0.427. The van der Waals surface area contributed by atoms with Crippen LogP contribution in [0.1, 0.15) is 21.5 Å². The van der Waals surface area contributed by atoms with Gasteiger partial charge in [0.15, 0.2) is 5.82 Å². The number of rotatable bonds is 2. The van der Waals surface area contributed by atoms with Crippen LogP contribution in [0.15, 0.2) is 65.5 Å². The number of carbonyl (C=O) groups excluding carboxylic acids is 1.